The van der Waals surface area contributed by atoms with Crippen molar-refractivity contribution in [3.8, 4) is 5.75 Å². The van der Waals surface area contributed by atoms with Crippen LogP contribution in [0.5, 0.6) is 5.75 Å². The number of amides is 3. The summed E-state index contributed by atoms with van der Waals surface area (Å²) in [5.74, 6) is -0.640. The predicted octanol–water partition coefficient (Wildman–Crippen LogP) is 7.16. The van der Waals surface area contributed by atoms with E-state index in [-0.39, 0.29) is 43.9 Å². The van der Waals surface area contributed by atoms with Crippen molar-refractivity contribution in [2.24, 2.45) is 5.92 Å². The maximum absolute atomic E-state index is 16.5. The molecule has 0 saturated carbocycles. The maximum Gasteiger partial charge on any atom is 0.269 e. The van der Waals surface area contributed by atoms with Gasteiger partial charge in [-0.05, 0) is 78.7 Å². The summed E-state index contributed by atoms with van der Waals surface area (Å²) in [7, 11) is -3.53. The fourth-order valence-electron chi connectivity index (χ4n) is 9.03. The number of hydrogen-bond acceptors (Lipinski definition) is 6. The average molecular weight is 799 g/mol. The summed E-state index contributed by atoms with van der Waals surface area (Å²) in [4.78, 5) is 47.0. The van der Waals surface area contributed by atoms with Gasteiger partial charge in [0.25, 0.3) is 11.8 Å². The molecule has 4 aliphatic rings. The summed E-state index contributed by atoms with van der Waals surface area (Å²) < 4.78 is 29.8. The molecule has 1 saturated heterocycles. The molecule has 274 valence electrons. The van der Waals surface area contributed by atoms with E-state index in [0.717, 1.165) is 21.2 Å². The Hall–Kier alpha value is -4.36. The number of hydrogen-bond donors (Lipinski definition) is 1. The number of halogens is 2. The molecular weight excluding hydrogens is 757 g/mol. The summed E-state index contributed by atoms with van der Waals surface area (Å²) >= 11 is 3.60. The van der Waals surface area contributed by atoms with Gasteiger partial charge in [-0.25, -0.2) is 0 Å². The highest BCUT2D eigenvalue weighted by atomic mass is 79.9. The second-order valence-corrected chi connectivity index (χ2v) is 19.7. The number of carbonyl (C=O) groups excluding carboxylic acids is 3. The summed E-state index contributed by atoms with van der Waals surface area (Å²) in [5.41, 5.74) is 3.47. The molecule has 1 N–H and O–H groups in total. The first kappa shape index (κ1) is 35.7. The van der Waals surface area contributed by atoms with Gasteiger partial charge < -0.3 is 28.5 Å². The van der Waals surface area contributed by atoms with E-state index in [9.17, 15) is 19.5 Å². The molecule has 1 fully saturated rings. The number of nitrogens with zero attached hydrogens (tertiary/aromatic N) is 3. The number of para-hydroxylation sites is 2. The molecule has 0 bridgehead atoms. The topological polar surface area (TPSA) is 99.6 Å². The van der Waals surface area contributed by atoms with E-state index in [1.807, 2.05) is 97.9 Å². The van der Waals surface area contributed by atoms with Gasteiger partial charge >= 0.3 is 0 Å². The van der Waals surface area contributed by atoms with E-state index in [0.29, 0.717) is 41.3 Å². The number of benzene rings is 4. The van der Waals surface area contributed by atoms with E-state index in [1.54, 1.807) is 27.8 Å². The molecule has 4 aromatic rings. The van der Waals surface area contributed by atoms with Crippen LogP contribution in [-0.2, 0) is 44.2 Å². The molecule has 0 unspecified atom stereocenters. The largest absolute Gasteiger partial charge is 0.482 e. The zero-order valence-corrected chi connectivity index (χ0v) is 32.4. The van der Waals surface area contributed by atoms with Crippen LogP contribution in [-0.4, -0.2) is 61.5 Å². The van der Waals surface area contributed by atoms with Crippen molar-refractivity contribution in [2.75, 3.05) is 23.0 Å². The Kier molecular flexibility index (Phi) is 9.08. The number of ether oxygens (including phenoxy) is 2. The van der Waals surface area contributed by atoms with E-state index in [1.165, 1.54) is 0 Å². The Balaban J connectivity index is 1.09. The Morgan fingerprint density at radius 3 is 2.43 bits per heavy atom. The zero-order chi connectivity index (χ0) is 37.2. The lowest BCUT2D eigenvalue weighted by atomic mass is 9.82. The minimum absolute atomic E-state index is 0.0617. The number of aliphatic hydroxyl groups excluding tert-OH is 1. The molecular formula is C41H41BrFN3O6Si. The van der Waals surface area contributed by atoms with Gasteiger partial charge in [-0.2, -0.15) is 0 Å². The Labute approximate surface area is 317 Å². The van der Waals surface area contributed by atoms with Crippen LogP contribution in [0, 0.1) is 5.92 Å². The maximum atomic E-state index is 16.5. The first-order chi connectivity index (χ1) is 25.4. The van der Waals surface area contributed by atoms with Crippen molar-refractivity contribution in [3.05, 3.63) is 118 Å². The van der Waals surface area contributed by atoms with Gasteiger partial charge in [0.1, 0.15) is 5.75 Å². The van der Waals surface area contributed by atoms with E-state index >= 15 is 4.11 Å². The highest BCUT2D eigenvalue weighted by Gasteiger charge is 2.67. The summed E-state index contributed by atoms with van der Waals surface area (Å²) in [6, 6.07) is 28.0. The summed E-state index contributed by atoms with van der Waals surface area (Å²) in [6.07, 6.45) is -0.412. The summed E-state index contributed by atoms with van der Waals surface area (Å²) in [6.45, 7) is 5.45. The molecule has 3 amide bonds. The van der Waals surface area contributed by atoms with E-state index < -0.39 is 37.6 Å². The second-order valence-electron chi connectivity index (χ2n) is 15.0. The number of anilines is 3. The van der Waals surface area contributed by atoms with Crippen LogP contribution in [0.15, 0.2) is 95.5 Å². The van der Waals surface area contributed by atoms with Gasteiger partial charge in [0.2, 0.25) is 14.3 Å². The molecule has 0 radical (unpaired) electrons. The van der Waals surface area contributed by atoms with Crippen LogP contribution in [0.3, 0.4) is 0 Å². The lowest BCUT2D eigenvalue weighted by Crippen LogP contribution is -2.48. The summed E-state index contributed by atoms with van der Waals surface area (Å²) in [5, 5.41) is 10.3. The molecule has 1 spiro atoms. The minimum atomic E-state index is -3.53. The van der Waals surface area contributed by atoms with E-state index in [2.05, 4.69) is 15.9 Å². The van der Waals surface area contributed by atoms with Crippen molar-refractivity contribution in [1.82, 2.24) is 4.90 Å². The normalized spacial score (nSPS) is 25.0. The van der Waals surface area contributed by atoms with Gasteiger partial charge in [0.15, 0.2) is 12.2 Å². The average Bonchev–Trinajstić information content (AvgIpc) is 3.56. The predicted molar refractivity (Wildman–Crippen MR) is 205 cm³/mol. The van der Waals surface area contributed by atoms with Crippen molar-refractivity contribution in [1.29, 1.82) is 0 Å². The SMILES string of the molecule is C[C@@H]1[C@@H]([Si](C)(C)F)[C@H](CC(=O)N2Cc3ccccc3C[C@H]2CO)O[C@@]12C(=O)N(Cc1ccc(N3C(=O)COc4ccccc43)cc1)c1ccc(Br)cc12. The van der Waals surface area contributed by atoms with Crippen LogP contribution in [0.25, 0.3) is 0 Å². The number of carbonyl (C=O) groups is 3. The molecule has 4 heterocycles. The number of rotatable bonds is 7. The quantitative estimate of drug-likeness (QED) is 0.158. The Morgan fingerprint density at radius 1 is 0.981 bits per heavy atom. The Morgan fingerprint density at radius 2 is 1.70 bits per heavy atom. The van der Waals surface area contributed by atoms with Crippen molar-refractivity contribution in [3.63, 3.8) is 0 Å². The van der Waals surface area contributed by atoms with Crippen LogP contribution >= 0.6 is 15.9 Å². The Bertz CT molecular complexity index is 2110. The first-order valence-electron chi connectivity index (χ1n) is 18.0. The van der Waals surface area contributed by atoms with Crippen molar-refractivity contribution in [2.45, 2.75) is 69.2 Å². The van der Waals surface area contributed by atoms with E-state index in [4.69, 9.17) is 9.47 Å². The minimum Gasteiger partial charge on any atom is -0.482 e. The zero-order valence-electron chi connectivity index (χ0n) is 29.8. The van der Waals surface area contributed by atoms with Crippen LogP contribution in [0.1, 0.15) is 35.6 Å². The molecule has 53 heavy (non-hydrogen) atoms. The fraction of sp³-hybridized carbons (Fsp3) is 0.341. The third-order valence-corrected chi connectivity index (χ3v) is 14.4. The monoisotopic (exact) mass is 797 g/mol. The lowest BCUT2D eigenvalue weighted by molar-refractivity contribution is -0.151. The molecule has 0 aromatic heterocycles. The molecule has 0 aliphatic carbocycles. The van der Waals surface area contributed by atoms with Crippen molar-refractivity contribution >= 4 is 59.1 Å². The lowest BCUT2D eigenvalue weighted by Gasteiger charge is -2.37. The van der Waals surface area contributed by atoms with Gasteiger partial charge in [0.05, 0.1) is 43.1 Å². The molecule has 12 heteroatoms. The van der Waals surface area contributed by atoms with Gasteiger partial charge in [-0.15, -0.1) is 0 Å². The van der Waals surface area contributed by atoms with Gasteiger partial charge in [0, 0.05) is 33.7 Å². The van der Waals surface area contributed by atoms with Crippen LogP contribution in [0.2, 0.25) is 18.6 Å². The highest BCUT2D eigenvalue weighted by molar-refractivity contribution is 9.10. The smallest absolute Gasteiger partial charge is 0.269 e. The van der Waals surface area contributed by atoms with Crippen LogP contribution < -0.4 is 14.5 Å². The third-order valence-electron chi connectivity index (χ3n) is 11.4. The standard InChI is InChI=1S/C41H41BrFN3O6Si/c1-25-39(53(2,3)43)36(20-37(48)44-22-28-9-5-4-8-27(28)18-31(44)23-47)52-41(25)32-19-29(42)14-17-33(32)45(40(41)50)21-26-12-15-30(16-13-26)46-34-10-6-7-11-35(34)51-24-38(46)49/h4-17,19,25,31,36,39,47H,18,20-24H2,1-3H3/t25-,31+,36+,39-,41+/m1/s1. The first-order valence-corrected chi connectivity index (χ1v) is 21.7. The molecule has 4 aliphatic heterocycles. The molecule has 9 nitrogen and oxygen atoms in total. The third kappa shape index (κ3) is 6.00. The van der Waals surface area contributed by atoms with Crippen LogP contribution in [0.4, 0.5) is 21.2 Å². The second kappa shape index (κ2) is 13.5. The van der Waals surface area contributed by atoms with Gasteiger partial charge in [-0.1, -0.05) is 71.4 Å². The fourth-order valence-corrected chi connectivity index (χ4v) is 11.9. The number of aliphatic hydroxyl groups is 1. The van der Waals surface area contributed by atoms with Gasteiger partial charge in [-0.3, -0.25) is 19.3 Å². The highest BCUT2D eigenvalue weighted by Crippen LogP contribution is 2.60. The molecule has 5 atom stereocenters. The molecule has 4 aromatic carbocycles. The van der Waals surface area contributed by atoms with Crippen molar-refractivity contribution < 1.29 is 33.1 Å². The number of fused-ring (bicyclic) bond motifs is 4. The molecule has 8 rings (SSSR count).